The number of halogens is 1. The van der Waals surface area contributed by atoms with E-state index in [0.717, 1.165) is 37.4 Å². The fourth-order valence-corrected chi connectivity index (χ4v) is 2.42. The normalized spacial score (nSPS) is 15.7. The van der Waals surface area contributed by atoms with Gasteiger partial charge in [-0.1, -0.05) is 11.6 Å². The average molecular weight is 305 g/mol. The zero-order valence-electron chi connectivity index (χ0n) is 11.6. The monoisotopic (exact) mass is 304 g/mol. The maximum atomic E-state index is 6.02. The molecule has 6 heteroatoms. The Kier molecular flexibility index (Phi) is 4.52. The molecule has 110 valence electrons. The molecule has 0 bridgehead atoms. The predicted octanol–water partition coefficient (Wildman–Crippen LogP) is 3.46. The standard InChI is InChI=1S/C15H17ClN4O/c16-14-9-17-10-18-15(14)20-12-3-1-11(2-4-12)19-13-5-7-21-8-6-13/h1-4,9-10,13,19H,5-8H2,(H,17,18,20). The number of nitrogens with one attached hydrogen (secondary N) is 2. The highest BCUT2D eigenvalue weighted by Gasteiger charge is 2.13. The zero-order chi connectivity index (χ0) is 14.5. The smallest absolute Gasteiger partial charge is 0.152 e. The van der Waals surface area contributed by atoms with Gasteiger partial charge in [-0.3, -0.25) is 0 Å². The van der Waals surface area contributed by atoms with Gasteiger partial charge >= 0.3 is 0 Å². The molecule has 0 unspecified atom stereocenters. The molecule has 1 saturated heterocycles. The van der Waals surface area contributed by atoms with Crippen molar-refractivity contribution >= 4 is 28.8 Å². The topological polar surface area (TPSA) is 59.1 Å². The van der Waals surface area contributed by atoms with Gasteiger partial charge in [0.15, 0.2) is 5.82 Å². The lowest BCUT2D eigenvalue weighted by Crippen LogP contribution is -2.27. The Morgan fingerprint density at radius 2 is 1.81 bits per heavy atom. The van der Waals surface area contributed by atoms with Crippen LogP contribution in [0.3, 0.4) is 0 Å². The predicted molar refractivity (Wildman–Crippen MR) is 84.2 cm³/mol. The third-order valence-corrected chi connectivity index (χ3v) is 3.68. The maximum absolute atomic E-state index is 6.02. The SMILES string of the molecule is Clc1cncnc1Nc1ccc(NC2CCOCC2)cc1. The van der Waals surface area contributed by atoms with Crippen LogP contribution in [0.25, 0.3) is 0 Å². The van der Waals surface area contributed by atoms with E-state index in [1.165, 1.54) is 6.33 Å². The van der Waals surface area contributed by atoms with Crippen molar-refractivity contribution in [2.45, 2.75) is 18.9 Å². The zero-order valence-corrected chi connectivity index (χ0v) is 12.3. The summed E-state index contributed by atoms with van der Waals surface area (Å²) in [5.74, 6) is 0.608. The molecule has 0 spiro atoms. The van der Waals surface area contributed by atoms with E-state index >= 15 is 0 Å². The first-order valence-corrected chi connectivity index (χ1v) is 7.36. The van der Waals surface area contributed by atoms with E-state index < -0.39 is 0 Å². The van der Waals surface area contributed by atoms with Gasteiger partial charge in [-0.15, -0.1) is 0 Å². The van der Waals surface area contributed by atoms with Crippen LogP contribution in [0.1, 0.15) is 12.8 Å². The summed E-state index contributed by atoms with van der Waals surface area (Å²) in [5, 5.41) is 7.20. The molecule has 5 nitrogen and oxygen atoms in total. The third kappa shape index (κ3) is 3.83. The molecule has 2 heterocycles. The highest BCUT2D eigenvalue weighted by atomic mass is 35.5. The first kappa shape index (κ1) is 14.1. The number of anilines is 3. The van der Waals surface area contributed by atoms with Crippen molar-refractivity contribution in [3.8, 4) is 0 Å². The van der Waals surface area contributed by atoms with Crippen LogP contribution in [0, 0.1) is 0 Å². The first-order chi connectivity index (χ1) is 10.3. The Bertz CT molecular complexity index is 584. The van der Waals surface area contributed by atoms with Gasteiger partial charge in [0, 0.05) is 30.6 Å². The summed E-state index contributed by atoms with van der Waals surface area (Å²) in [6.07, 6.45) is 5.14. The van der Waals surface area contributed by atoms with Crippen LogP contribution in [0.5, 0.6) is 0 Å². The minimum Gasteiger partial charge on any atom is -0.382 e. The van der Waals surface area contributed by atoms with Gasteiger partial charge in [0.2, 0.25) is 0 Å². The summed E-state index contributed by atoms with van der Waals surface area (Å²) >= 11 is 6.02. The van der Waals surface area contributed by atoms with Crippen LogP contribution in [0.2, 0.25) is 5.02 Å². The minimum absolute atomic E-state index is 0.494. The number of hydrogen-bond acceptors (Lipinski definition) is 5. The summed E-state index contributed by atoms with van der Waals surface area (Å²) in [6.45, 7) is 1.67. The number of ether oxygens (including phenoxy) is 1. The molecule has 0 saturated carbocycles. The molecular weight excluding hydrogens is 288 g/mol. The van der Waals surface area contributed by atoms with E-state index in [9.17, 15) is 0 Å². The lowest BCUT2D eigenvalue weighted by atomic mass is 10.1. The van der Waals surface area contributed by atoms with Gasteiger partial charge in [-0.25, -0.2) is 9.97 Å². The Morgan fingerprint density at radius 3 is 2.52 bits per heavy atom. The molecular formula is C15H17ClN4O. The molecule has 2 aromatic rings. The molecule has 1 aliphatic rings. The van der Waals surface area contributed by atoms with Gasteiger partial charge in [0.25, 0.3) is 0 Å². The first-order valence-electron chi connectivity index (χ1n) is 6.98. The molecule has 1 aromatic heterocycles. The van der Waals surface area contributed by atoms with E-state index in [2.05, 4.69) is 20.6 Å². The fraction of sp³-hybridized carbons (Fsp3) is 0.333. The molecule has 3 rings (SSSR count). The van der Waals surface area contributed by atoms with Gasteiger partial charge in [0.1, 0.15) is 11.3 Å². The molecule has 0 atom stereocenters. The molecule has 0 radical (unpaired) electrons. The van der Waals surface area contributed by atoms with Crippen molar-refractivity contribution in [1.82, 2.24) is 9.97 Å². The van der Waals surface area contributed by atoms with Gasteiger partial charge in [-0.05, 0) is 37.1 Å². The van der Waals surface area contributed by atoms with Crippen LogP contribution in [0.4, 0.5) is 17.2 Å². The lowest BCUT2D eigenvalue weighted by Gasteiger charge is -2.24. The summed E-state index contributed by atoms with van der Waals surface area (Å²) in [4.78, 5) is 7.97. The maximum Gasteiger partial charge on any atom is 0.152 e. The van der Waals surface area contributed by atoms with Crippen LogP contribution < -0.4 is 10.6 Å². The second-order valence-electron chi connectivity index (χ2n) is 4.95. The molecule has 2 N–H and O–H groups in total. The number of hydrogen-bond donors (Lipinski definition) is 2. The van der Waals surface area contributed by atoms with Crippen molar-refractivity contribution in [1.29, 1.82) is 0 Å². The van der Waals surface area contributed by atoms with E-state index in [4.69, 9.17) is 16.3 Å². The van der Waals surface area contributed by atoms with Crippen LogP contribution >= 0.6 is 11.6 Å². The van der Waals surface area contributed by atoms with Gasteiger partial charge in [0.05, 0.1) is 6.20 Å². The Balaban J connectivity index is 1.62. The largest absolute Gasteiger partial charge is 0.382 e. The fourth-order valence-electron chi connectivity index (χ4n) is 2.27. The highest BCUT2D eigenvalue weighted by molar-refractivity contribution is 6.32. The van der Waals surface area contributed by atoms with E-state index in [-0.39, 0.29) is 0 Å². The minimum atomic E-state index is 0.494. The van der Waals surface area contributed by atoms with Crippen molar-refractivity contribution in [2.24, 2.45) is 0 Å². The second kappa shape index (κ2) is 6.74. The van der Waals surface area contributed by atoms with E-state index in [0.29, 0.717) is 16.9 Å². The molecule has 0 aliphatic carbocycles. The molecule has 0 amide bonds. The van der Waals surface area contributed by atoms with Crippen LogP contribution in [-0.4, -0.2) is 29.2 Å². The van der Waals surface area contributed by atoms with Gasteiger partial charge < -0.3 is 15.4 Å². The summed E-state index contributed by atoms with van der Waals surface area (Å²) in [5.41, 5.74) is 2.05. The molecule has 1 aromatic carbocycles. The average Bonchev–Trinajstić information content (AvgIpc) is 2.52. The van der Waals surface area contributed by atoms with Crippen molar-refractivity contribution in [3.63, 3.8) is 0 Å². The number of nitrogens with zero attached hydrogens (tertiary/aromatic N) is 2. The summed E-state index contributed by atoms with van der Waals surface area (Å²) in [7, 11) is 0. The van der Waals surface area contributed by atoms with Crippen molar-refractivity contribution < 1.29 is 4.74 Å². The number of benzene rings is 1. The summed E-state index contributed by atoms with van der Waals surface area (Å²) in [6, 6.07) is 8.59. The number of aromatic nitrogens is 2. The van der Waals surface area contributed by atoms with E-state index in [1.54, 1.807) is 6.20 Å². The third-order valence-electron chi connectivity index (χ3n) is 3.41. The highest BCUT2D eigenvalue weighted by Crippen LogP contribution is 2.23. The van der Waals surface area contributed by atoms with Gasteiger partial charge in [-0.2, -0.15) is 0 Å². The Morgan fingerprint density at radius 1 is 1.10 bits per heavy atom. The second-order valence-corrected chi connectivity index (χ2v) is 5.36. The molecule has 1 aliphatic heterocycles. The van der Waals surface area contributed by atoms with Crippen LogP contribution in [0.15, 0.2) is 36.8 Å². The Hall–Kier alpha value is -1.85. The lowest BCUT2D eigenvalue weighted by molar-refractivity contribution is 0.0904. The molecule has 21 heavy (non-hydrogen) atoms. The Labute approximate surface area is 128 Å². The van der Waals surface area contributed by atoms with E-state index in [1.807, 2.05) is 24.3 Å². The van der Waals surface area contributed by atoms with Crippen molar-refractivity contribution in [3.05, 3.63) is 41.8 Å². The van der Waals surface area contributed by atoms with Crippen molar-refractivity contribution in [2.75, 3.05) is 23.8 Å². The molecule has 1 fully saturated rings. The summed E-state index contributed by atoms with van der Waals surface area (Å²) < 4.78 is 5.36. The quantitative estimate of drug-likeness (QED) is 0.906. The van der Waals surface area contributed by atoms with Crippen LogP contribution in [-0.2, 0) is 4.74 Å². The number of rotatable bonds is 4.